The Balaban J connectivity index is 2.36. The highest BCUT2D eigenvalue weighted by molar-refractivity contribution is 5.26. The molecular formula is C16H27N3O2. The van der Waals surface area contributed by atoms with Crippen molar-refractivity contribution in [3.05, 3.63) is 11.9 Å². The third-order valence-corrected chi connectivity index (χ3v) is 4.75. The van der Waals surface area contributed by atoms with Gasteiger partial charge in [0.25, 0.3) is 0 Å². The van der Waals surface area contributed by atoms with Crippen LogP contribution in [0.5, 0.6) is 11.8 Å². The minimum atomic E-state index is 0.147. The van der Waals surface area contributed by atoms with Gasteiger partial charge in [0.1, 0.15) is 5.69 Å². The molecule has 21 heavy (non-hydrogen) atoms. The molecule has 1 aliphatic rings. The number of ether oxygens (including phenoxy) is 2. The molecule has 2 unspecified atom stereocenters. The van der Waals surface area contributed by atoms with Crippen LogP contribution in [0, 0.1) is 11.3 Å². The maximum absolute atomic E-state index is 5.44. The fraction of sp³-hybridized carbons (Fsp3) is 0.750. The van der Waals surface area contributed by atoms with Gasteiger partial charge in [-0.15, -0.1) is 0 Å². The van der Waals surface area contributed by atoms with Crippen LogP contribution in [0.3, 0.4) is 0 Å². The molecule has 5 nitrogen and oxygen atoms in total. The van der Waals surface area contributed by atoms with Crippen LogP contribution >= 0.6 is 0 Å². The van der Waals surface area contributed by atoms with Crippen molar-refractivity contribution in [1.82, 2.24) is 15.3 Å². The van der Waals surface area contributed by atoms with Crippen LogP contribution in [0.15, 0.2) is 6.20 Å². The molecular weight excluding hydrogens is 266 g/mol. The van der Waals surface area contributed by atoms with E-state index >= 15 is 0 Å². The Morgan fingerprint density at radius 1 is 1.29 bits per heavy atom. The molecule has 0 bridgehead atoms. The van der Waals surface area contributed by atoms with Crippen LogP contribution in [-0.4, -0.2) is 31.2 Å². The number of hydrogen-bond acceptors (Lipinski definition) is 5. The first-order valence-electron chi connectivity index (χ1n) is 7.65. The lowest BCUT2D eigenvalue weighted by Gasteiger charge is -2.43. The van der Waals surface area contributed by atoms with Crippen molar-refractivity contribution in [2.24, 2.45) is 11.3 Å². The molecule has 1 aromatic heterocycles. The highest BCUT2D eigenvalue weighted by Gasteiger charge is 2.39. The summed E-state index contributed by atoms with van der Waals surface area (Å²) in [4.78, 5) is 8.93. The Morgan fingerprint density at radius 2 is 2.05 bits per heavy atom. The van der Waals surface area contributed by atoms with E-state index in [-0.39, 0.29) is 6.04 Å². The number of aromatic nitrogens is 2. The van der Waals surface area contributed by atoms with E-state index in [1.165, 1.54) is 25.7 Å². The molecule has 0 spiro atoms. The molecule has 2 rings (SSSR count). The second kappa shape index (κ2) is 6.60. The standard InChI is InChI=1S/C16H27N3O2/c1-16(2)9-7-6-8-11(16)13(17-3)14-15(21-5)19-12(20-4)10-18-14/h10-11,13,17H,6-9H2,1-5H3. The smallest absolute Gasteiger partial charge is 0.240 e. The molecule has 0 aliphatic heterocycles. The minimum absolute atomic E-state index is 0.147. The molecule has 1 fully saturated rings. The van der Waals surface area contributed by atoms with Crippen molar-refractivity contribution < 1.29 is 9.47 Å². The monoisotopic (exact) mass is 293 g/mol. The zero-order chi connectivity index (χ0) is 15.5. The summed E-state index contributed by atoms with van der Waals surface area (Å²) in [5.41, 5.74) is 1.17. The van der Waals surface area contributed by atoms with Crippen LogP contribution in [0.4, 0.5) is 0 Å². The zero-order valence-corrected chi connectivity index (χ0v) is 13.8. The second-order valence-electron chi connectivity index (χ2n) is 6.41. The third-order valence-electron chi connectivity index (χ3n) is 4.75. The van der Waals surface area contributed by atoms with Crippen molar-refractivity contribution in [2.45, 2.75) is 45.6 Å². The van der Waals surface area contributed by atoms with E-state index in [0.717, 1.165) is 5.69 Å². The summed E-state index contributed by atoms with van der Waals surface area (Å²) in [7, 11) is 5.20. The number of methoxy groups -OCH3 is 2. The average molecular weight is 293 g/mol. The van der Waals surface area contributed by atoms with E-state index in [1.807, 2.05) is 7.05 Å². The maximum atomic E-state index is 5.44. The largest absolute Gasteiger partial charge is 0.480 e. The molecule has 5 heteroatoms. The molecule has 1 saturated carbocycles. The predicted molar refractivity (Wildman–Crippen MR) is 82.7 cm³/mol. The Morgan fingerprint density at radius 3 is 2.62 bits per heavy atom. The van der Waals surface area contributed by atoms with E-state index in [4.69, 9.17) is 9.47 Å². The van der Waals surface area contributed by atoms with Crippen LogP contribution < -0.4 is 14.8 Å². The zero-order valence-electron chi connectivity index (χ0n) is 13.8. The quantitative estimate of drug-likeness (QED) is 0.904. The molecule has 0 radical (unpaired) electrons. The summed E-state index contributed by atoms with van der Waals surface area (Å²) < 4.78 is 10.6. The first-order chi connectivity index (χ1) is 10.0. The average Bonchev–Trinajstić information content (AvgIpc) is 2.49. The summed E-state index contributed by atoms with van der Waals surface area (Å²) in [6.45, 7) is 4.70. The van der Waals surface area contributed by atoms with Crippen LogP contribution in [-0.2, 0) is 0 Å². The van der Waals surface area contributed by atoms with Crippen LogP contribution in [0.25, 0.3) is 0 Å². The van der Waals surface area contributed by atoms with Gasteiger partial charge < -0.3 is 14.8 Å². The van der Waals surface area contributed by atoms with E-state index in [2.05, 4.69) is 29.1 Å². The molecule has 118 valence electrons. The lowest BCUT2D eigenvalue weighted by Crippen LogP contribution is -2.38. The van der Waals surface area contributed by atoms with Gasteiger partial charge in [0.05, 0.1) is 26.5 Å². The number of nitrogens with zero attached hydrogens (tertiary/aromatic N) is 2. The lowest BCUT2D eigenvalue weighted by molar-refractivity contribution is 0.0981. The number of rotatable bonds is 5. The highest BCUT2D eigenvalue weighted by Crippen LogP contribution is 2.47. The minimum Gasteiger partial charge on any atom is -0.480 e. The van der Waals surface area contributed by atoms with Gasteiger partial charge in [-0.3, -0.25) is 0 Å². The van der Waals surface area contributed by atoms with Gasteiger partial charge in [0.15, 0.2) is 0 Å². The second-order valence-corrected chi connectivity index (χ2v) is 6.41. The van der Waals surface area contributed by atoms with Gasteiger partial charge in [-0.05, 0) is 31.2 Å². The van der Waals surface area contributed by atoms with E-state index in [1.54, 1.807) is 20.4 Å². The van der Waals surface area contributed by atoms with Crippen LogP contribution in [0.2, 0.25) is 0 Å². The maximum Gasteiger partial charge on any atom is 0.240 e. The summed E-state index contributed by atoms with van der Waals surface area (Å²) in [6, 6.07) is 0.147. The fourth-order valence-electron chi connectivity index (χ4n) is 3.50. The van der Waals surface area contributed by atoms with Crippen molar-refractivity contribution in [3.63, 3.8) is 0 Å². The normalized spacial score (nSPS) is 22.6. The van der Waals surface area contributed by atoms with Gasteiger partial charge in [0, 0.05) is 0 Å². The molecule has 0 aromatic carbocycles. The Labute approximate surface area is 127 Å². The van der Waals surface area contributed by atoms with Crippen molar-refractivity contribution in [3.8, 4) is 11.8 Å². The Bertz CT molecular complexity index is 477. The molecule has 0 amide bonds. The first-order valence-corrected chi connectivity index (χ1v) is 7.65. The molecule has 1 heterocycles. The van der Waals surface area contributed by atoms with Gasteiger partial charge in [-0.25, -0.2) is 4.98 Å². The Kier molecular flexibility index (Phi) is 5.04. The predicted octanol–water partition coefficient (Wildman–Crippen LogP) is 2.97. The summed E-state index contributed by atoms with van der Waals surface area (Å²) >= 11 is 0. The summed E-state index contributed by atoms with van der Waals surface area (Å²) in [5.74, 6) is 1.55. The van der Waals surface area contributed by atoms with Gasteiger partial charge >= 0.3 is 0 Å². The van der Waals surface area contributed by atoms with Gasteiger partial charge in [-0.1, -0.05) is 26.7 Å². The fourth-order valence-corrected chi connectivity index (χ4v) is 3.50. The highest BCUT2D eigenvalue weighted by atomic mass is 16.5. The summed E-state index contributed by atoms with van der Waals surface area (Å²) in [5, 5.41) is 3.43. The van der Waals surface area contributed by atoms with Crippen molar-refractivity contribution in [1.29, 1.82) is 0 Å². The SMILES string of the molecule is CNC(c1ncc(OC)nc1OC)C1CCCCC1(C)C. The lowest BCUT2D eigenvalue weighted by atomic mass is 9.65. The van der Waals surface area contributed by atoms with Crippen molar-refractivity contribution in [2.75, 3.05) is 21.3 Å². The molecule has 2 atom stereocenters. The Hall–Kier alpha value is -1.36. The molecule has 1 N–H and O–H groups in total. The number of nitrogens with one attached hydrogen (secondary N) is 1. The topological polar surface area (TPSA) is 56.3 Å². The molecule has 1 aromatic rings. The van der Waals surface area contributed by atoms with E-state index in [9.17, 15) is 0 Å². The van der Waals surface area contributed by atoms with Gasteiger partial charge in [-0.2, -0.15) is 4.98 Å². The third kappa shape index (κ3) is 3.28. The first kappa shape index (κ1) is 16.0. The van der Waals surface area contributed by atoms with E-state index in [0.29, 0.717) is 23.1 Å². The summed E-state index contributed by atoms with van der Waals surface area (Å²) in [6.07, 6.45) is 6.71. The van der Waals surface area contributed by atoms with Crippen LogP contribution in [0.1, 0.15) is 51.3 Å². The van der Waals surface area contributed by atoms with E-state index < -0.39 is 0 Å². The van der Waals surface area contributed by atoms with Crippen molar-refractivity contribution >= 4 is 0 Å². The molecule has 1 aliphatic carbocycles. The number of hydrogen-bond donors (Lipinski definition) is 1. The van der Waals surface area contributed by atoms with Gasteiger partial charge in [0.2, 0.25) is 11.8 Å². The molecule has 0 saturated heterocycles.